The number of amides is 1. The molecule has 0 unspecified atom stereocenters. The number of fused-ring (bicyclic) bond motifs is 2. The Labute approximate surface area is 153 Å². The molecule has 0 saturated heterocycles. The molecule has 0 saturated carbocycles. The van der Waals surface area contributed by atoms with E-state index in [9.17, 15) is 14.9 Å². The first-order chi connectivity index (χ1) is 12.7. The van der Waals surface area contributed by atoms with E-state index >= 15 is 0 Å². The van der Waals surface area contributed by atoms with Gasteiger partial charge in [0.05, 0.1) is 23.8 Å². The number of nitriles is 1. The van der Waals surface area contributed by atoms with Gasteiger partial charge in [-0.3, -0.25) is 14.3 Å². The lowest BCUT2D eigenvalue weighted by atomic mass is 10.1. The van der Waals surface area contributed by atoms with Crippen molar-refractivity contribution in [3.63, 3.8) is 0 Å². The lowest BCUT2D eigenvalue weighted by Gasteiger charge is -2.09. The van der Waals surface area contributed by atoms with Gasteiger partial charge in [-0.25, -0.2) is 0 Å². The zero-order valence-corrected chi connectivity index (χ0v) is 14.8. The van der Waals surface area contributed by atoms with E-state index in [1.807, 2.05) is 12.1 Å². The molecular weight excluding hydrogens is 348 g/mol. The van der Waals surface area contributed by atoms with Crippen LogP contribution < -0.4 is 10.7 Å². The van der Waals surface area contributed by atoms with Crippen LogP contribution in [0.1, 0.15) is 28.8 Å². The Kier molecular flexibility index (Phi) is 4.27. The fourth-order valence-corrected chi connectivity index (χ4v) is 4.60. The summed E-state index contributed by atoms with van der Waals surface area (Å²) in [5.41, 5.74) is 2.29. The highest BCUT2D eigenvalue weighted by molar-refractivity contribution is 7.16. The number of thiophene rings is 1. The minimum absolute atomic E-state index is 0.131. The predicted molar refractivity (Wildman–Crippen MR) is 100 cm³/mol. The van der Waals surface area contributed by atoms with Gasteiger partial charge in [-0.05, 0) is 37.0 Å². The van der Waals surface area contributed by atoms with Gasteiger partial charge < -0.3 is 5.32 Å². The molecule has 1 aliphatic rings. The minimum atomic E-state index is -0.161. The fourth-order valence-electron chi connectivity index (χ4n) is 3.35. The molecule has 1 aliphatic carbocycles. The quantitative estimate of drug-likeness (QED) is 0.771. The van der Waals surface area contributed by atoms with Gasteiger partial charge in [0.1, 0.15) is 11.1 Å². The SMILES string of the molecule is N#Cc1c(NC(=O)CCn2ncc(=O)c3ccccc32)sc2c1CCC2. The van der Waals surface area contributed by atoms with Gasteiger partial charge in [-0.2, -0.15) is 10.4 Å². The minimum Gasteiger partial charge on any atom is -0.317 e. The number of nitrogens with one attached hydrogen (secondary N) is 1. The number of aryl methyl sites for hydroxylation is 2. The van der Waals surface area contributed by atoms with Gasteiger partial charge in [0, 0.05) is 16.7 Å². The summed E-state index contributed by atoms with van der Waals surface area (Å²) in [7, 11) is 0. The van der Waals surface area contributed by atoms with Crippen LogP contribution in [0.25, 0.3) is 10.9 Å². The van der Waals surface area contributed by atoms with E-state index < -0.39 is 0 Å². The van der Waals surface area contributed by atoms with Gasteiger partial charge in [0.2, 0.25) is 11.3 Å². The van der Waals surface area contributed by atoms with Crippen LogP contribution >= 0.6 is 11.3 Å². The van der Waals surface area contributed by atoms with Crippen molar-refractivity contribution in [3.8, 4) is 6.07 Å². The Morgan fingerprint density at radius 3 is 3.04 bits per heavy atom. The number of hydrogen-bond donors (Lipinski definition) is 1. The molecule has 26 heavy (non-hydrogen) atoms. The van der Waals surface area contributed by atoms with Crippen molar-refractivity contribution in [3.05, 3.63) is 56.7 Å². The summed E-state index contributed by atoms with van der Waals surface area (Å²) in [5, 5.41) is 17.6. The van der Waals surface area contributed by atoms with E-state index in [-0.39, 0.29) is 17.8 Å². The van der Waals surface area contributed by atoms with Crippen molar-refractivity contribution in [1.29, 1.82) is 5.26 Å². The fraction of sp³-hybridized carbons (Fsp3) is 0.263. The molecular formula is C19H16N4O2S. The molecule has 0 aliphatic heterocycles. The molecule has 3 aromatic rings. The first-order valence-corrected chi connectivity index (χ1v) is 9.28. The summed E-state index contributed by atoms with van der Waals surface area (Å²) >= 11 is 1.51. The zero-order valence-electron chi connectivity index (χ0n) is 14.0. The van der Waals surface area contributed by atoms with Gasteiger partial charge in [0.15, 0.2) is 0 Å². The third-order valence-corrected chi connectivity index (χ3v) is 5.81. The van der Waals surface area contributed by atoms with Crippen LogP contribution in [0.4, 0.5) is 5.00 Å². The number of carbonyl (C=O) groups is 1. The van der Waals surface area contributed by atoms with Crippen LogP contribution in [0.2, 0.25) is 0 Å². The Morgan fingerprint density at radius 1 is 1.35 bits per heavy atom. The van der Waals surface area contributed by atoms with Gasteiger partial charge in [0.25, 0.3) is 0 Å². The monoisotopic (exact) mass is 364 g/mol. The van der Waals surface area contributed by atoms with Gasteiger partial charge >= 0.3 is 0 Å². The highest BCUT2D eigenvalue weighted by Crippen LogP contribution is 2.38. The molecule has 1 N–H and O–H groups in total. The van der Waals surface area contributed by atoms with Crippen LogP contribution in [0.5, 0.6) is 0 Å². The second-order valence-electron chi connectivity index (χ2n) is 6.22. The molecule has 0 bridgehead atoms. The number of anilines is 1. The Balaban J connectivity index is 1.50. The van der Waals surface area contributed by atoms with E-state index in [1.54, 1.807) is 16.8 Å². The topological polar surface area (TPSA) is 87.8 Å². The summed E-state index contributed by atoms with van der Waals surface area (Å²) in [6.07, 6.45) is 4.47. The largest absolute Gasteiger partial charge is 0.317 e. The second-order valence-corrected chi connectivity index (χ2v) is 7.33. The van der Waals surface area contributed by atoms with Crippen LogP contribution in [0, 0.1) is 11.3 Å². The molecule has 2 heterocycles. The predicted octanol–water partition coefficient (Wildman–Crippen LogP) is 2.85. The maximum absolute atomic E-state index is 12.4. The van der Waals surface area contributed by atoms with E-state index in [0.29, 0.717) is 28.0 Å². The molecule has 0 radical (unpaired) electrons. The van der Waals surface area contributed by atoms with E-state index in [4.69, 9.17) is 0 Å². The maximum atomic E-state index is 12.4. The van der Waals surface area contributed by atoms with Gasteiger partial charge in [-0.1, -0.05) is 12.1 Å². The summed E-state index contributed by atoms with van der Waals surface area (Å²) in [6.45, 7) is 0.361. The average Bonchev–Trinajstić information content (AvgIpc) is 3.22. The van der Waals surface area contributed by atoms with Gasteiger partial charge in [-0.15, -0.1) is 11.3 Å². The molecule has 1 amide bonds. The molecule has 0 fully saturated rings. The first kappa shape index (κ1) is 16.5. The second kappa shape index (κ2) is 6.73. The number of carbonyl (C=O) groups excluding carboxylic acids is 1. The number of para-hydroxylation sites is 1. The maximum Gasteiger partial charge on any atom is 0.226 e. The number of benzene rings is 1. The number of aromatic nitrogens is 2. The van der Waals surface area contributed by atoms with Crippen LogP contribution in [0.3, 0.4) is 0 Å². The van der Waals surface area contributed by atoms with Crippen LogP contribution in [-0.2, 0) is 24.2 Å². The van der Waals surface area contributed by atoms with Crippen molar-refractivity contribution in [2.75, 3.05) is 5.32 Å². The first-order valence-electron chi connectivity index (χ1n) is 8.46. The molecule has 1 aromatic carbocycles. The highest BCUT2D eigenvalue weighted by atomic mass is 32.1. The third kappa shape index (κ3) is 2.89. The Morgan fingerprint density at radius 2 is 2.19 bits per heavy atom. The normalized spacial score (nSPS) is 12.7. The summed E-state index contributed by atoms with van der Waals surface area (Å²) in [6, 6.07) is 9.45. The lowest BCUT2D eigenvalue weighted by molar-refractivity contribution is -0.116. The molecule has 7 heteroatoms. The van der Waals surface area contributed by atoms with Crippen molar-refractivity contribution in [2.24, 2.45) is 0 Å². The van der Waals surface area contributed by atoms with Crippen molar-refractivity contribution in [2.45, 2.75) is 32.2 Å². The van der Waals surface area contributed by atoms with E-state index in [0.717, 1.165) is 24.8 Å². The van der Waals surface area contributed by atoms with E-state index in [2.05, 4.69) is 16.5 Å². The highest BCUT2D eigenvalue weighted by Gasteiger charge is 2.23. The lowest BCUT2D eigenvalue weighted by Crippen LogP contribution is -2.18. The molecule has 4 rings (SSSR count). The standard InChI is InChI=1S/C19H16N4O2S/c20-10-14-12-5-3-7-17(12)26-19(14)22-18(25)8-9-23-15-6-2-1-4-13(15)16(24)11-21-23/h1-2,4,6,11H,3,5,7-9H2,(H,22,25). The zero-order chi connectivity index (χ0) is 18.1. The third-order valence-electron chi connectivity index (χ3n) is 4.60. The summed E-state index contributed by atoms with van der Waals surface area (Å²) < 4.78 is 1.66. The Hall–Kier alpha value is -2.98. The Bertz CT molecular complexity index is 1110. The number of nitrogens with zero attached hydrogens (tertiary/aromatic N) is 3. The van der Waals surface area contributed by atoms with Crippen LogP contribution in [0.15, 0.2) is 35.3 Å². The molecule has 0 atom stereocenters. The van der Waals surface area contributed by atoms with Crippen molar-refractivity contribution >= 4 is 33.1 Å². The van der Waals surface area contributed by atoms with E-state index in [1.165, 1.54) is 22.4 Å². The summed E-state index contributed by atoms with van der Waals surface area (Å²) in [4.78, 5) is 25.4. The van der Waals surface area contributed by atoms with Crippen molar-refractivity contribution in [1.82, 2.24) is 9.78 Å². The molecule has 2 aromatic heterocycles. The number of hydrogen-bond acceptors (Lipinski definition) is 5. The molecule has 130 valence electrons. The molecule has 6 nitrogen and oxygen atoms in total. The number of rotatable bonds is 4. The summed E-state index contributed by atoms with van der Waals surface area (Å²) in [5.74, 6) is -0.161. The van der Waals surface area contributed by atoms with Crippen molar-refractivity contribution < 1.29 is 4.79 Å². The molecule has 0 spiro atoms. The average molecular weight is 364 g/mol. The van der Waals surface area contributed by atoms with Crippen LogP contribution in [-0.4, -0.2) is 15.7 Å². The smallest absolute Gasteiger partial charge is 0.226 e.